The lowest BCUT2D eigenvalue weighted by atomic mass is 9.92. The fraction of sp³-hybridized carbons (Fsp3) is 0.333. The number of nitrogens with one attached hydrogen (secondary N) is 1. The summed E-state index contributed by atoms with van der Waals surface area (Å²) in [5, 5.41) is 8.34. The highest BCUT2D eigenvalue weighted by Gasteiger charge is 2.26. The third-order valence-electron chi connectivity index (χ3n) is 5.27. The summed E-state index contributed by atoms with van der Waals surface area (Å²) in [4.78, 5) is 28.6. The van der Waals surface area contributed by atoms with E-state index in [4.69, 9.17) is 10.5 Å². The van der Waals surface area contributed by atoms with Gasteiger partial charge in [-0.15, -0.1) is 0 Å². The van der Waals surface area contributed by atoms with Crippen LogP contribution in [-0.4, -0.2) is 38.7 Å². The number of ether oxygens (including phenoxy) is 1. The van der Waals surface area contributed by atoms with Gasteiger partial charge in [-0.2, -0.15) is 5.10 Å². The quantitative estimate of drug-likeness (QED) is 0.593. The molecule has 1 aliphatic rings. The van der Waals surface area contributed by atoms with Crippen molar-refractivity contribution < 1.29 is 14.3 Å². The van der Waals surface area contributed by atoms with E-state index in [-0.39, 0.29) is 29.5 Å². The van der Waals surface area contributed by atoms with Gasteiger partial charge in [0, 0.05) is 35.3 Å². The molecule has 156 valence electrons. The third kappa shape index (κ3) is 4.30. The molecule has 30 heavy (non-hydrogen) atoms. The summed E-state index contributed by atoms with van der Waals surface area (Å²) in [6, 6.07) is 7.03. The number of primary amides is 1. The molecule has 2 amide bonds. The van der Waals surface area contributed by atoms with Crippen molar-refractivity contribution in [3.63, 3.8) is 0 Å². The minimum absolute atomic E-state index is 0.0578. The topological polar surface area (TPSA) is 112 Å². The first-order valence-electron chi connectivity index (χ1n) is 9.76. The van der Waals surface area contributed by atoms with Gasteiger partial charge in [0.25, 0.3) is 11.8 Å². The Labute approximate surface area is 181 Å². The molecular formula is C21H22BrN5O3. The van der Waals surface area contributed by atoms with Gasteiger partial charge < -0.3 is 15.8 Å². The molecule has 3 aromatic rings. The third-order valence-corrected chi connectivity index (χ3v) is 5.73. The number of nitrogens with two attached hydrogens (primary N) is 1. The van der Waals surface area contributed by atoms with E-state index in [0.717, 1.165) is 41.1 Å². The molecule has 1 aliphatic carbocycles. The number of benzene rings is 1. The summed E-state index contributed by atoms with van der Waals surface area (Å²) >= 11 is 3.46. The number of hydrogen-bond donors (Lipinski definition) is 2. The molecule has 0 saturated heterocycles. The first-order chi connectivity index (χ1) is 14.4. The SMILES string of the molecule is Cn1cc2c(C(=O)NC3CCC(Oc4ncccc4C(N)=O)CC3)cc(Br)cc2n1. The van der Waals surface area contributed by atoms with Crippen molar-refractivity contribution in [2.45, 2.75) is 37.8 Å². The van der Waals surface area contributed by atoms with Crippen LogP contribution in [0.5, 0.6) is 5.88 Å². The molecule has 9 heteroatoms. The van der Waals surface area contributed by atoms with Crippen molar-refractivity contribution >= 4 is 38.6 Å². The smallest absolute Gasteiger partial charge is 0.254 e. The molecule has 0 radical (unpaired) electrons. The number of fused-ring (bicyclic) bond motifs is 1. The predicted molar refractivity (Wildman–Crippen MR) is 115 cm³/mol. The van der Waals surface area contributed by atoms with Gasteiger partial charge in [0.2, 0.25) is 5.88 Å². The summed E-state index contributed by atoms with van der Waals surface area (Å²) < 4.78 is 8.44. The zero-order chi connectivity index (χ0) is 21.3. The summed E-state index contributed by atoms with van der Waals surface area (Å²) in [5.41, 5.74) is 7.04. The first kappa shape index (κ1) is 20.3. The maximum absolute atomic E-state index is 12.9. The van der Waals surface area contributed by atoms with Crippen LogP contribution in [0.25, 0.3) is 10.9 Å². The van der Waals surface area contributed by atoms with Gasteiger partial charge >= 0.3 is 0 Å². The van der Waals surface area contributed by atoms with Crippen LogP contribution in [0.4, 0.5) is 0 Å². The van der Waals surface area contributed by atoms with Crippen LogP contribution in [-0.2, 0) is 7.05 Å². The van der Waals surface area contributed by atoms with E-state index in [1.165, 1.54) is 0 Å². The fourth-order valence-electron chi connectivity index (χ4n) is 3.81. The Hall–Kier alpha value is -2.94. The van der Waals surface area contributed by atoms with E-state index in [0.29, 0.717) is 5.56 Å². The molecule has 4 rings (SSSR count). The monoisotopic (exact) mass is 471 g/mol. The minimum Gasteiger partial charge on any atom is -0.474 e. The van der Waals surface area contributed by atoms with Crippen LogP contribution in [0.2, 0.25) is 0 Å². The zero-order valence-electron chi connectivity index (χ0n) is 16.5. The number of amides is 2. The van der Waals surface area contributed by atoms with Crippen LogP contribution in [0.1, 0.15) is 46.4 Å². The van der Waals surface area contributed by atoms with Crippen LogP contribution in [0, 0.1) is 0 Å². The molecule has 0 spiro atoms. The Morgan fingerprint density at radius 2 is 2.00 bits per heavy atom. The highest BCUT2D eigenvalue weighted by Crippen LogP contribution is 2.27. The van der Waals surface area contributed by atoms with Crippen molar-refractivity contribution in [1.29, 1.82) is 0 Å². The first-order valence-corrected chi connectivity index (χ1v) is 10.5. The molecular weight excluding hydrogens is 450 g/mol. The number of pyridine rings is 1. The fourth-order valence-corrected chi connectivity index (χ4v) is 4.26. The summed E-state index contributed by atoms with van der Waals surface area (Å²) in [6.45, 7) is 0. The molecule has 0 unspecified atom stereocenters. The second-order valence-electron chi connectivity index (χ2n) is 7.47. The van der Waals surface area contributed by atoms with Crippen molar-refractivity contribution in [2.75, 3.05) is 0 Å². The zero-order valence-corrected chi connectivity index (χ0v) is 18.1. The van der Waals surface area contributed by atoms with Crippen molar-refractivity contribution in [3.05, 3.63) is 52.3 Å². The molecule has 0 atom stereocenters. The lowest BCUT2D eigenvalue weighted by Gasteiger charge is -2.29. The summed E-state index contributed by atoms with van der Waals surface area (Å²) in [5.74, 6) is -0.403. The van der Waals surface area contributed by atoms with Gasteiger partial charge in [0.1, 0.15) is 11.7 Å². The van der Waals surface area contributed by atoms with Gasteiger partial charge in [-0.3, -0.25) is 14.3 Å². The van der Waals surface area contributed by atoms with Gasteiger partial charge in [-0.25, -0.2) is 4.98 Å². The largest absolute Gasteiger partial charge is 0.474 e. The minimum atomic E-state index is -0.560. The number of rotatable bonds is 5. The van der Waals surface area contributed by atoms with Crippen LogP contribution in [0.3, 0.4) is 0 Å². The van der Waals surface area contributed by atoms with Gasteiger partial charge in [-0.1, -0.05) is 15.9 Å². The number of hydrogen-bond acceptors (Lipinski definition) is 5. The van der Waals surface area contributed by atoms with Crippen molar-refractivity contribution in [1.82, 2.24) is 20.1 Å². The van der Waals surface area contributed by atoms with E-state index in [1.807, 2.05) is 25.4 Å². The van der Waals surface area contributed by atoms with Crippen molar-refractivity contribution in [2.24, 2.45) is 12.8 Å². The Kier molecular flexibility index (Phi) is 5.72. The normalized spacial score (nSPS) is 18.9. The Morgan fingerprint density at radius 3 is 2.73 bits per heavy atom. The number of aromatic nitrogens is 3. The van der Waals surface area contributed by atoms with E-state index in [1.54, 1.807) is 23.0 Å². The number of carbonyl (C=O) groups excluding carboxylic acids is 2. The molecule has 8 nitrogen and oxygen atoms in total. The second kappa shape index (κ2) is 8.43. The molecule has 0 aliphatic heterocycles. The average molecular weight is 472 g/mol. The van der Waals surface area contributed by atoms with E-state index < -0.39 is 5.91 Å². The van der Waals surface area contributed by atoms with Crippen LogP contribution < -0.4 is 15.8 Å². The molecule has 3 N–H and O–H groups in total. The molecule has 2 aromatic heterocycles. The Balaban J connectivity index is 1.39. The van der Waals surface area contributed by atoms with Crippen LogP contribution >= 0.6 is 15.9 Å². The van der Waals surface area contributed by atoms with Gasteiger partial charge in [-0.05, 0) is 49.9 Å². The second-order valence-corrected chi connectivity index (χ2v) is 8.39. The number of halogens is 1. The molecule has 1 aromatic carbocycles. The number of nitrogens with zero attached hydrogens (tertiary/aromatic N) is 3. The summed E-state index contributed by atoms with van der Waals surface area (Å²) in [6.07, 6.45) is 6.41. The van der Waals surface area contributed by atoms with Gasteiger partial charge in [0.15, 0.2) is 0 Å². The van der Waals surface area contributed by atoms with Gasteiger partial charge in [0.05, 0.1) is 11.1 Å². The lowest BCUT2D eigenvalue weighted by Crippen LogP contribution is -2.40. The maximum atomic E-state index is 12.9. The Bertz CT molecular complexity index is 1110. The van der Waals surface area contributed by atoms with Crippen molar-refractivity contribution in [3.8, 4) is 5.88 Å². The Morgan fingerprint density at radius 1 is 1.23 bits per heavy atom. The van der Waals surface area contributed by atoms with E-state index >= 15 is 0 Å². The number of aryl methyl sites for hydroxylation is 1. The average Bonchev–Trinajstić information content (AvgIpc) is 3.08. The lowest BCUT2D eigenvalue weighted by molar-refractivity contribution is 0.0882. The molecule has 2 heterocycles. The predicted octanol–water partition coefficient (Wildman–Crippen LogP) is 2.95. The highest BCUT2D eigenvalue weighted by molar-refractivity contribution is 9.10. The van der Waals surface area contributed by atoms with E-state index in [9.17, 15) is 9.59 Å². The molecule has 1 fully saturated rings. The molecule has 1 saturated carbocycles. The molecule has 0 bridgehead atoms. The van der Waals surface area contributed by atoms with E-state index in [2.05, 4.69) is 31.3 Å². The standard InChI is InChI=1S/C21H22BrN5O3/c1-27-11-17-16(9-12(22)10-18(17)26-27)20(29)25-13-4-6-14(7-5-13)30-21-15(19(23)28)3-2-8-24-21/h2-3,8-11,13-14H,4-7H2,1H3,(H2,23,28)(H,25,29). The maximum Gasteiger partial charge on any atom is 0.254 e. The van der Waals surface area contributed by atoms with Crippen LogP contribution in [0.15, 0.2) is 41.1 Å². The summed E-state index contributed by atoms with van der Waals surface area (Å²) in [7, 11) is 1.84. The number of carbonyl (C=O) groups is 2. The highest BCUT2D eigenvalue weighted by atomic mass is 79.9.